The first-order chi connectivity index (χ1) is 9.31. The zero-order valence-electron chi connectivity index (χ0n) is 11.3. The third-order valence-electron chi connectivity index (χ3n) is 2.89. The Morgan fingerprint density at radius 2 is 2.10 bits per heavy atom. The fourth-order valence-corrected chi connectivity index (χ4v) is 3.94. The van der Waals surface area contributed by atoms with Gasteiger partial charge in [0.05, 0.1) is 18.0 Å². The minimum Gasteiger partial charge on any atom is -0.478 e. The molecule has 1 aliphatic rings. The first-order valence-electron chi connectivity index (χ1n) is 6.30. The number of sulfonamides is 1. The van der Waals surface area contributed by atoms with E-state index in [9.17, 15) is 13.2 Å². The molecule has 6 nitrogen and oxygen atoms in total. The van der Waals surface area contributed by atoms with Crippen LogP contribution in [0.15, 0.2) is 24.3 Å². The molecule has 110 valence electrons. The molecular formula is C13H17NO5S. The number of anilines is 1. The molecule has 1 heterocycles. The van der Waals surface area contributed by atoms with E-state index in [1.165, 1.54) is 0 Å². The highest BCUT2D eigenvalue weighted by Gasteiger charge is 2.36. The SMILES string of the molecule is CC(C)CS(=O)(=O)N1CC(C(=O)O)Oc2ccccc21. The van der Waals surface area contributed by atoms with Gasteiger partial charge in [-0.05, 0) is 18.1 Å². The maximum atomic E-state index is 12.4. The van der Waals surface area contributed by atoms with E-state index in [-0.39, 0.29) is 24.0 Å². The number of aliphatic carboxylic acids is 1. The topological polar surface area (TPSA) is 83.9 Å². The summed E-state index contributed by atoms with van der Waals surface area (Å²) in [6, 6.07) is 6.56. The number of fused-ring (bicyclic) bond motifs is 1. The largest absolute Gasteiger partial charge is 0.478 e. The number of ether oxygens (including phenoxy) is 1. The van der Waals surface area contributed by atoms with Crippen LogP contribution >= 0.6 is 0 Å². The van der Waals surface area contributed by atoms with E-state index >= 15 is 0 Å². The molecule has 0 saturated heterocycles. The van der Waals surface area contributed by atoms with Crippen molar-refractivity contribution in [1.82, 2.24) is 0 Å². The Morgan fingerprint density at radius 1 is 1.45 bits per heavy atom. The highest BCUT2D eigenvalue weighted by molar-refractivity contribution is 7.92. The summed E-state index contributed by atoms with van der Waals surface area (Å²) in [7, 11) is -3.57. The Hall–Kier alpha value is -1.76. The molecule has 1 N–H and O–H groups in total. The predicted octanol–water partition coefficient (Wildman–Crippen LogP) is 1.32. The van der Waals surface area contributed by atoms with Crippen molar-refractivity contribution in [2.75, 3.05) is 16.6 Å². The number of nitrogens with zero attached hydrogens (tertiary/aromatic N) is 1. The van der Waals surface area contributed by atoms with Crippen molar-refractivity contribution in [2.45, 2.75) is 20.0 Å². The molecule has 0 amide bonds. The average Bonchev–Trinajstić information content (AvgIpc) is 2.35. The number of carbonyl (C=O) groups is 1. The van der Waals surface area contributed by atoms with Crippen LogP contribution in [0.4, 0.5) is 5.69 Å². The van der Waals surface area contributed by atoms with Gasteiger partial charge in [-0.1, -0.05) is 26.0 Å². The number of para-hydroxylation sites is 2. The van der Waals surface area contributed by atoms with Gasteiger partial charge in [0.15, 0.2) is 0 Å². The summed E-state index contributed by atoms with van der Waals surface area (Å²) in [6.07, 6.45) is -1.19. The van der Waals surface area contributed by atoms with Crippen LogP contribution in [0.3, 0.4) is 0 Å². The fourth-order valence-electron chi connectivity index (χ4n) is 2.11. The molecule has 20 heavy (non-hydrogen) atoms. The van der Waals surface area contributed by atoms with Gasteiger partial charge < -0.3 is 9.84 Å². The van der Waals surface area contributed by atoms with Gasteiger partial charge in [-0.2, -0.15) is 0 Å². The first kappa shape index (κ1) is 14.6. The maximum Gasteiger partial charge on any atom is 0.346 e. The van der Waals surface area contributed by atoms with Gasteiger partial charge in [0.2, 0.25) is 16.1 Å². The summed E-state index contributed by atoms with van der Waals surface area (Å²) in [5, 5.41) is 9.08. The molecule has 0 saturated carbocycles. The zero-order chi connectivity index (χ0) is 14.9. The monoisotopic (exact) mass is 299 g/mol. The molecular weight excluding hydrogens is 282 g/mol. The van der Waals surface area contributed by atoms with Crippen molar-refractivity contribution in [1.29, 1.82) is 0 Å². The number of benzene rings is 1. The number of hydrogen-bond acceptors (Lipinski definition) is 4. The standard InChI is InChI=1S/C13H17NO5S/c1-9(2)8-20(17,18)14-7-12(13(15)16)19-11-6-4-3-5-10(11)14/h3-6,9,12H,7-8H2,1-2H3,(H,15,16). The Bertz CT molecular complexity index is 611. The van der Waals surface area contributed by atoms with Crippen LogP contribution in [-0.2, 0) is 14.8 Å². The van der Waals surface area contributed by atoms with E-state index in [4.69, 9.17) is 9.84 Å². The van der Waals surface area contributed by atoms with Crippen LogP contribution in [0.1, 0.15) is 13.8 Å². The van der Waals surface area contributed by atoms with Crippen LogP contribution in [0.5, 0.6) is 5.75 Å². The van der Waals surface area contributed by atoms with Gasteiger partial charge in [-0.3, -0.25) is 4.31 Å². The molecule has 0 spiro atoms. The molecule has 0 aliphatic carbocycles. The first-order valence-corrected chi connectivity index (χ1v) is 7.91. The van der Waals surface area contributed by atoms with Crippen LogP contribution in [-0.4, -0.2) is 37.9 Å². The van der Waals surface area contributed by atoms with E-state index in [0.717, 1.165) is 4.31 Å². The predicted molar refractivity (Wildman–Crippen MR) is 74.5 cm³/mol. The third-order valence-corrected chi connectivity index (χ3v) is 5.00. The van der Waals surface area contributed by atoms with E-state index < -0.39 is 22.1 Å². The second-order valence-electron chi connectivity index (χ2n) is 5.12. The van der Waals surface area contributed by atoms with Crippen LogP contribution in [0, 0.1) is 5.92 Å². The molecule has 1 aromatic rings. The van der Waals surface area contributed by atoms with Gasteiger partial charge in [0.25, 0.3) is 0 Å². The van der Waals surface area contributed by atoms with Crippen molar-refractivity contribution >= 4 is 21.7 Å². The van der Waals surface area contributed by atoms with E-state index in [1.54, 1.807) is 38.1 Å². The van der Waals surface area contributed by atoms with Crippen molar-refractivity contribution < 1.29 is 23.1 Å². The van der Waals surface area contributed by atoms with Crippen molar-refractivity contribution in [2.24, 2.45) is 5.92 Å². The summed E-state index contributed by atoms with van der Waals surface area (Å²) in [6.45, 7) is 3.40. The molecule has 1 unspecified atom stereocenters. The minimum absolute atomic E-state index is 0.0341. The highest BCUT2D eigenvalue weighted by atomic mass is 32.2. The molecule has 7 heteroatoms. The highest BCUT2D eigenvalue weighted by Crippen LogP contribution is 2.35. The van der Waals surface area contributed by atoms with Crippen molar-refractivity contribution in [3.63, 3.8) is 0 Å². The summed E-state index contributed by atoms with van der Waals surface area (Å²) < 4.78 is 31.3. The van der Waals surface area contributed by atoms with Gasteiger partial charge in [-0.15, -0.1) is 0 Å². The summed E-state index contributed by atoms with van der Waals surface area (Å²) >= 11 is 0. The Morgan fingerprint density at radius 3 is 2.70 bits per heavy atom. The molecule has 1 atom stereocenters. The molecule has 0 fully saturated rings. The number of rotatable bonds is 4. The number of hydrogen-bond donors (Lipinski definition) is 1. The molecule has 0 radical (unpaired) electrons. The third kappa shape index (κ3) is 2.87. The molecule has 1 aromatic carbocycles. The van der Waals surface area contributed by atoms with Gasteiger partial charge >= 0.3 is 5.97 Å². The maximum absolute atomic E-state index is 12.4. The lowest BCUT2D eigenvalue weighted by Crippen LogP contribution is -2.48. The lowest BCUT2D eigenvalue weighted by atomic mass is 10.2. The van der Waals surface area contributed by atoms with Crippen LogP contribution in [0.2, 0.25) is 0 Å². The smallest absolute Gasteiger partial charge is 0.346 e. The fraction of sp³-hybridized carbons (Fsp3) is 0.462. The summed E-state index contributed by atoms with van der Waals surface area (Å²) in [4.78, 5) is 11.1. The normalized spacial score (nSPS) is 18.6. The Balaban J connectivity index is 2.44. The summed E-state index contributed by atoms with van der Waals surface area (Å²) in [5.74, 6) is -0.978. The number of carboxylic acid groups (broad SMARTS) is 1. The average molecular weight is 299 g/mol. The summed E-state index contributed by atoms with van der Waals surface area (Å²) in [5.41, 5.74) is 0.394. The van der Waals surface area contributed by atoms with Gasteiger partial charge in [0.1, 0.15) is 5.75 Å². The quantitative estimate of drug-likeness (QED) is 0.906. The Kier molecular flexibility index (Phi) is 3.89. The van der Waals surface area contributed by atoms with E-state index in [0.29, 0.717) is 5.69 Å². The van der Waals surface area contributed by atoms with Crippen LogP contribution in [0.25, 0.3) is 0 Å². The lowest BCUT2D eigenvalue weighted by Gasteiger charge is -2.34. The van der Waals surface area contributed by atoms with Gasteiger partial charge in [-0.25, -0.2) is 13.2 Å². The van der Waals surface area contributed by atoms with E-state index in [2.05, 4.69) is 0 Å². The second-order valence-corrected chi connectivity index (χ2v) is 7.05. The van der Waals surface area contributed by atoms with Crippen LogP contribution < -0.4 is 9.04 Å². The molecule has 0 bridgehead atoms. The van der Waals surface area contributed by atoms with Gasteiger partial charge in [0, 0.05) is 0 Å². The second kappa shape index (κ2) is 5.32. The number of carboxylic acids is 1. The molecule has 2 rings (SSSR count). The Labute approximate surface area is 118 Å². The minimum atomic E-state index is -3.57. The zero-order valence-corrected chi connectivity index (χ0v) is 12.1. The molecule has 1 aliphatic heterocycles. The van der Waals surface area contributed by atoms with Crippen molar-refractivity contribution in [3.8, 4) is 5.75 Å². The lowest BCUT2D eigenvalue weighted by molar-refractivity contribution is -0.144. The molecule has 0 aromatic heterocycles. The van der Waals surface area contributed by atoms with E-state index in [1.807, 2.05) is 0 Å². The van der Waals surface area contributed by atoms with Crippen molar-refractivity contribution in [3.05, 3.63) is 24.3 Å².